The van der Waals surface area contributed by atoms with Crippen molar-refractivity contribution in [1.29, 1.82) is 0 Å². The smallest absolute Gasteiger partial charge is 0.266 e. The van der Waals surface area contributed by atoms with Crippen molar-refractivity contribution in [3.63, 3.8) is 0 Å². The van der Waals surface area contributed by atoms with E-state index >= 15 is 0 Å². The average molecular weight is 261 g/mol. The Labute approximate surface area is 97.9 Å². The molecule has 0 aromatic carbocycles. The molecule has 5 nitrogen and oxygen atoms in total. The molecule has 0 saturated carbocycles. The van der Waals surface area contributed by atoms with Gasteiger partial charge in [-0.1, -0.05) is 17.5 Å². The minimum Gasteiger partial charge on any atom is -0.326 e. The Kier molecular flexibility index (Phi) is 4.12. The molecule has 0 atom stereocenters. The SMILES string of the molecule is CC#CCNS(=O)(=O)c1c[nH]c(=O)c(Cl)c1. The van der Waals surface area contributed by atoms with Crippen molar-refractivity contribution in [3.8, 4) is 11.8 Å². The van der Waals surface area contributed by atoms with Crippen molar-refractivity contribution in [2.75, 3.05) is 6.54 Å². The van der Waals surface area contributed by atoms with Gasteiger partial charge in [-0.2, -0.15) is 4.72 Å². The Hall–Kier alpha value is -1.29. The number of nitrogens with one attached hydrogen (secondary N) is 2. The summed E-state index contributed by atoms with van der Waals surface area (Å²) in [5.74, 6) is 5.11. The summed E-state index contributed by atoms with van der Waals surface area (Å²) >= 11 is 5.52. The van der Waals surface area contributed by atoms with E-state index in [9.17, 15) is 13.2 Å². The third-order valence-corrected chi connectivity index (χ3v) is 3.33. The van der Waals surface area contributed by atoms with Gasteiger partial charge in [0, 0.05) is 6.20 Å². The summed E-state index contributed by atoms with van der Waals surface area (Å²) in [7, 11) is -3.68. The number of H-pyrrole nitrogens is 1. The van der Waals surface area contributed by atoms with E-state index in [-0.39, 0.29) is 16.5 Å². The molecule has 0 aliphatic carbocycles. The number of hydrogen-bond donors (Lipinski definition) is 2. The van der Waals surface area contributed by atoms with Crippen molar-refractivity contribution in [2.24, 2.45) is 0 Å². The quantitative estimate of drug-likeness (QED) is 0.769. The Bertz CT molecular complexity index is 595. The normalized spacial score (nSPS) is 10.6. The zero-order valence-corrected chi connectivity index (χ0v) is 9.95. The van der Waals surface area contributed by atoms with Gasteiger partial charge in [-0.05, 0) is 13.0 Å². The summed E-state index contributed by atoms with van der Waals surface area (Å²) in [4.78, 5) is 13.1. The van der Waals surface area contributed by atoms with Crippen LogP contribution in [0.15, 0.2) is 22.0 Å². The summed E-state index contributed by atoms with van der Waals surface area (Å²) in [6.07, 6.45) is 1.08. The zero-order chi connectivity index (χ0) is 12.2. The molecule has 16 heavy (non-hydrogen) atoms. The molecule has 0 amide bonds. The van der Waals surface area contributed by atoms with E-state index in [0.717, 1.165) is 12.3 Å². The van der Waals surface area contributed by atoms with E-state index in [1.54, 1.807) is 6.92 Å². The highest BCUT2D eigenvalue weighted by atomic mass is 35.5. The number of rotatable bonds is 3. The van der Waals surface area contributed by atoms with Crippen LogP contribution >= 0.6 is 11.6 Å². The van der Waals surface area contributed by atoms with Gasteiger partial charge in [0.1, 0.15) is 5.02 Å². The molecule has 1 heterocycles. The molecule has 0 bridgehead atoms. The molecule has 2 N–H and O–H groups in total. The van der Waals surface area contributed by atoms with Crippen LogP contribution in [0.2, 0.25) is 5.02 Å². The van der Waals surface area contributed by atoms with Gasteiger partial charge in [-0.15, -0.1) is 5.92 Å². The molecule has 0 aliphatic heterocycles. The van der Waals surface area contributed by atoms with E-state index in [4.69, 9.17) is 11.6 Å². The van der Waals surface area contributed by atoms with Gasteiger partial charge in [0.05, 0.1) is 11.4 Å². The first-order valence-electron chi connectivity index (χ1n) is 4.25. The van der Waals surface area contributed by atoms with E-state index in [2.05, 4.69) is 21.5 Å². The monoisotopic (exact) mass is 260 g/mol. The minimum absolute atomic E-state index is 0.00950. The highest BCUT2D eigenvalue weighted by molar-refractivity contribution is 7.89. The fourth-order valence-corrected chi connectivity index (χ4v) is 2.05. The van der Waals surface area contributed by atoms with Crippen LogP contribution in [0.3, 0.4) is 0 Å². The number of sulfonamides is 1. The molecule has 1 rings (SSSR count). The molecule has 0 aliphatic rings. The van der Waals surface area contributed by atoms with Crippen LogP contribution in [0.5, 0.6) is 0 Å². The van der Waals surface area contributed by atoms with E-state index in [1.165, 1.54) is 0 Å². The van der Waals surface area contributed by atoms with Gasteiger partial charge in [-0.25, -0.2) is 8.42 Å². The van der Waals surface area contributed by atoms with Crippen molar-refractivity contribution < 1.29 is 8.42 Å². The molecule has 1 aromatic rings. The van der Waals surface area contributed by atoms with Gasteiger partial charge < -0.3 is 4.98 Å². The van der Waals surface area contributed by atoms with Crippen LogP contribution in [0.25, 0.3) is 0 Å². The maximum Gasteiger partial charge on any atom is 0.266 e. The molecule has 1 aromatic heterocycles. The van der Waals surface area contributed by atoms with Crippen molar-refractivity contribution in [1.82, 2.24) is 9.71 Å². The van der Waals surface area contributed by atoms with Crippen LogP contribution in [-0.2, 0) is 10.0 Å². The molecule has 7 heteroatoms. The van der Waals surface area contributed by atoms with Gasteiger partial charge in [-0.3, -0.25) is 4.79 Å². The maximum absolute atomic E-state index is 11.6. The molecule has 0 fully saturated rings. The highest BCUT2D eigenvalue weighted by Gasteiger charge is 2.14. The number of halogens is 1. The largest absolute Gasteiger partial charge is 0.326 e. The number of aromatic amines is 1. The standard InChI is InChI=1S/C9H9ClN2O3S/c1-2-3-4-12-16(14,15)7-5-8(10)9(13)11-6-7/h5-6,12H,4H2,1H3,(H,11,13). The maximum atomic E-state index is 11.6. The Morgan fingerprint density at radius 1 is 1.56 bits per heavy atom. The highest BCUT2D eigenvalue weighted by Crippen LogP contribution is 2.09. The molecule has 0 radical (unpaired) electrons. The van der Waals surface area contributed by atoms with Gasteiger partial charge in [0.15, 0.2) is 0 Å². The lowest BCUT2D eigenvalue weighted by Crippen LogP contribution is -2.25. The fourth-order valence-electron chi connectivity index (χ4n) is 0.896. The second-order valence-corrected chi connectivity index (χ2v) is 4.94. The van der Waals surface area contributed by atoms with E-state index in [0.29, 0.717) is 0 Å². The molecule has 0 spiro atoms. The minimum atomic E-state index is -3.68. The Morgan fingerprint density at radius 3 is 2.81 bits per heavy atom. The van der Waals surface area contributed by atoms with E-state index < -0.39 is 15.6 Å². The van der Waals surface area contributed by atoms with Crippen molar-refractivity contribution in [2.45, 2.75) is 11.8 Å². The zero-order valence-electron chi connectivity index (χ0n) is 8.37. The van der Waals surface area contributed by atoms with Crippen LogP contribution < -0.4 is 10.3 Å². The summed E-state index contributed by atoms with van der Waals surface area (Å²) in [5.41, 5.74) is -0.533. The second-order valence-electron chi connectivity index (χ2n) is 2.76. The predicted octanol–water partition coefficient (Wildman–Crippen LogP) is 0.330. The van der Waals surface area contributed by atoms with Crippen LogP contribution in [0.4, 0.5) is 0 Å². The first-order chi connectivity index (χ1) is 7.47. The fraction of sp³-hybridized carbons (Fsp3) is 0.222. The third-order valence-electron chi connectivity index (χ3n) is 1.67. The Morgan fingerprint density at radius 2 is 2.25 bits per heavy atom. The topological polar surface area (TPSA) is 79.0 Å². The first-order valence-corrected chi connectivity index (χ1v) is 6.11. The van der Waals surface area contributed by atoms with Gasteiger partial charge >= 0.3 is 0 Å². The molecule has 0 saturated heterocycles. The molecule has 86 valence electrons. The molecular formula is C9H9ClN2O3S. The van der Waals surface area contributed by atoms with Gasteiger partial charge in [0.25, 0.3) is 5.56 Å². The lowest BCUT2D eigenvalue weighted by molar-refractivity contribution is 0.585. The summed E-state index contributed by atoms with van der Waals surface area (Å²) in [5, 5.41) is -0.176. The molecule has 0 unspecified atom stereocenters. The lowest BCUT2D eigenvalue weighted by atomic mass is 10.5. The Balaban J connectivity index is 3.02. The average Bonchev–Trinajstić information content (AvgIpc) is 2.22. The van der Waals surface area contributed by atoms with Crippen LogP contribution in [0.1, 0.15) is 6.92 Å². The van der Waals surface area contributed by atoms with E-state index in [1.807, 2.05) is 0 Å². The van der Waals surface area contributed by atoms with Gasteiger partial charge in [0.2, 0.25) is 10.0 Å². The summed E-state index contributed by atoms with van der Waals surface area (Å²) in [6.45, 7) is 1.61. The summed E-state index contributed by atoms with van der Waals surface area (Å²) in [6, 6.07) is 1.09. The number of aromatic nitrogens is 1. The second kappa shape index (κ2) is 5.16. The summed E-state index contributed by atoms with van der Waals surface area (Å²) < 4.78 is 25.5. The first kappa shape index (κ1) is 12.8. The van der Waals surface area contributed by atoms with Crippen LogP contribution in [-0.4, -0.2) is 19.9 Å². The van der Waals surface area contributed by atoms with Crippen LogP contribution in [0, 0.1) is 11.8 Å². The predicted molar refractivity (Wildman–Crippen MR) is 60.7 cm³/mol. The van der Waals surface area contributed by atoms with Crippen molar-refractivity contribution in [3.05, 3.63) is 27.6 Å². The number of hydrogen-bond acceptors (Lipinski definition) is 3. The van der Waals surface area contributed by atoms with Crippen molar-refractivity contribution >= 4 is 21.6 Å². The lowest BCUT2D eigenvalue weighted by Gasteiger charge is -2.03. The number of pyridine rings is 1. The molecular weight excluding hydrogens is 252 g/mol. The third kappa shape index (κ3) is 3.10.